The fraction of sp³-hybridized carbons (Fsp3) is 0.273. The van der Waals surface area contributed by atoms with Crippen LogP contribution in [0.25, 0.3) is 0 Å². The highest BCUT2D eigenvalue weighted by molar-refractivity contribution is 7.99. The number of halogens is 5. The number of nitrogens with zero attached hydrogens (tertiary/aromatic N) is 3. The number of hydrogen-bond donors (Lipinski definition) is 2. The van der Waals surface area contributed by atoms with E-state index in [0.29, 0.717) is 26.6 Å². The molecule has 3 aromatic rings. The maximum Gasteiger partial charge on any atom is 0.251 e. The number of thioether (sulfide) groups is 1. The molecule has 0 spiro atoms. The van der Waals surface area contributed by atoms with Gasteiger partial charge in [-0.15, -0.1) is 10.2 Å². The molecule has 0 unspecified atom stereocenters. The summed E-state index contributed by atoms with van der Waals surface area (Å²) in [6, 6.07) is 7.21. The Kier molecular flexibility index (Phi) is 9.60. The van der Waals surface area contributed by atoms with Crippen LogP contribution < -0.4 is 10.6 Å². The van der Waals surface area contributed by atoms with Crippen molar-refractivity contribution in [2.75, 3.05) is 11.1 Å². The van der Waals surface area contributed by atoms with Crippen molar-refractivity contribution in [2.24, 2.45) is 13.0 Å². The van der Waals surface area contributed by atoms with Crippen LogP contribution in [-0.2, 0) is 11.8 Å². The number of carbonyl (C=O) groups is 2. The van der Waals surface area contributed by atoms with Crippen molar-refractivity contribution in [2.45, 2.75) is 25.0 Å². The summed E-state index contributed by atoms with van der Waals surface area (Å²) >= 11 is 31.3. The molecule has 7 nitrogen and oxygen atoms in total. The number of hydrogen-bond acceptors (Lipinski definition) is 5. The van der Waals surface area contributed by atoms with E-state index < -0.39 is 6.04 Å². The Labute approximate surface area is 231 Å². The number of anilines is 1. The van der Waals surface area contributed by atoms with E-state index >= 15 is 0 Å². The predicted octanol–water partition coefficient (Wildman–Crippen LogP) is 6.94. The molecule has 1 aromatic heterocycles. The van der Waals surface area contributed by atoms with Gasteiger partial charge in [-0.05, 0) is 36.2 Å². The molecule has 35 heavy (non-hydrogen) atoms. The monoisotopic (exact) mass is 593 g/mol. The second kappa shape index (κ2) is 12.0. The Morgan fingerprint density at radius 2 is 1.63 bits per heavy atom. The summed E-state index contributed by atoms with van der Waals surface area (Å²) in [5, 5.41) is 16.1. The van der Waals surface area contributed by atoms with Gasteiger partial charge >= 0.3 is 0 Å². The van der Waals surface area contributed by atoms with Gasteiger partial charge in [0.15, 0.2) is 11.0 Å². The van der Waals surface area contributed by atoms with E-state index in [4.69, 9.17) is 58.0 Å². The van der Waals surface area contributed by atoms with Crippen LogP contribution in [0.15, 0.2) is 35.5 Å². The van der Waals surface area contributed by atoms with Gasteiger partial charge in [0, 0.05) is 17.6 Å². The molecule has 2 aromatic carbocycles. The number of carbonyl (C=O) groups excluding carboxylic acids is 2. The molecule has 0 fully saturated rings. The largest absolute Gasteiger partial charge is 0.342 e. The lowest BCUT2D eigenvalue weighted by Crippen LogP contribution is -2.33. The van der Waals surface area contributed by atoms with Gasteiger partial charge in [-0.1, -0.05) is 83.6 Å². The van der Waals surface area contributed by atoms with Crippen molar-refractivity contribution < 1.29 is 9.59 Å². The molecule has 2 amide bonds. The number of rotatable bonds is 8. The van der Waals surface area contributed by atoms with E-state index in [1.807, 2.05) is 13.8 Å². The van der Waals surface area contributed by atoms with Crippen LogP contribution in [0.5, 0.6) is 0 Å². The molecular formula is C22H20Cl5N5O2S. The highest BCUT2D eigenvalue weighted by Gasteiger charge is 2.26. The van der Waals surface area contributed by atoms with Crippen LogP contribution in [0, 0.1) is 5.92 Å². The molecule has 0 saturated heterocycles. The summed E-state index contributed by atoms with van der Waals surface area (Å²) in [6.07, 6.45) is 0. The Hall–Kier alpha value is -1.68. The molecule has 1 atom stereocenters. The molecule has 0 bridgehead atoms. The summed E-state index contributed by atoms with van der Waals surface area (Å²) < 4.78 is 1.74. The third-order valence-corrected chi connectivity index (χ3v) is 7.46. The van der Waals surface area contributed by atoms with Crippen LogP contribution in [0.1, 0.15) is 36.1 Å². The Morgan fingerprint density at radius 3 is 2.23 bits per heavy atom. The SMILES string of the molecule is CC(C)[C@@H](NC(=O)c1ccc(Cl)c(Cl)c1)c1nnc(SCC(=O)Nc2c(Cl)cc(Cl)cc2Cl)n1C. The highest BCUT2D eigenvalue weighted by atomic mass is 35.5. The molecule has 0 radical (unpaired) electrons. The zero-order valence-corrected chi connectivity index (χ0v) is 23.3. The first-order valence-electron chi connectivity index (χ1n) is 10.2. The van der Waals surface area contributed by atoms with E-state index in [-0.39, 0.29) is 44.2 Å². The lowest BCUT2D eigenvalue weighted by molar-refractivity contribution is -0.113. The highest BCUT2D eigenvalue weighted by Crippen LogP contribution is 2.34. The van der Waals surface area contributed by atoms with Gasteiger partial charge in [-0.2, -0.15) is 0 Å². The zero-order valence-electron chi connectivity index (χ0n) is 18.7. The number of aromatic nitrogens is 3. The molecule has 0 aliphatic heterocycles. The summed E-state index contributed by atoms with van der Waals surface area (Å²) in [4.78, 5) is 25.3. The summed E-state index contributed by atoms with van der Waals surface area (Å²) in [6.45, 7) is 3.91. The van der Waals surface area contributed by atoms with Crippen molar-refractivity contribution in [1.29, 1.82) is 0 Å². The maximum absolute atomic E-state index is 12.8. The lowest BCUT2D eigenvalue weighted by atomic mass is 10.0. The van der Waals surface area contributed by atoms with Gasteiger partial charge in [-0.3, -0.25) is 9.59 Å². The predicted molar refractivity (Wildman–Crippen MR) is 143 cm³/mol. The third-order valence-electron chi connectivity index (χ3n) is 4.89. The van der Waals surface area contributed by atoms with E-state index in [0.717, 1.165) is 0 Å². The van der Waals surface area contributed by atoms with Crippen LogP contribution in [0.4, 0.5) is 5.69 Å². The van der Waals surface area contributed by atoms with Crippen molar-refractivity contribution in [3.63, 3.8) is 0 Å². The van der Waals surface area contributed by atoms with Gasteiger partial charge in [0.05, 0.1) is 37.6 Å². The van der Waals surface area contributed by atoms with Gasteiger partial charge < -0.3 is 15.2 Å². The van der Waals surface area contributed by atoms with Gasteiger partial charge in [-0.25, -0.2) is 0 Å². The molecule has 0 aliphatic carbocycles. The second-order valence-electron chi connectivity index (χ2n) is 7.81. The fourth-order valence-corrected chi connectivity index (χ4v) is 5.01. The van der Waals surface area contributed by atoms with E-state index in [2.05, 4.69) is 20.8 Å². The minimum absolute atomic E-state index is 0.0000378. The van der Waals surface area contributed by atoms with Gasteiger partial charge in [0.1, 0.15) is 0 Å². The molecule has 0 aliphatic rings. The lowest BCUT2D eigenvalue weighted by Gasteiger charge is -2.22. The minimum Gasteiger partial charge on any atom is -0.342 e. The Morgan fingerprint density at radius 1 is 0.971 bits per heavy atom. The van der Waals surface area contributed by atoms with Crippen LogP contribution in [0.3, 0.4) is 0 Å². The van der Waals surface area contributed by atoms with E-state index in [1.165, 1.54) is 30.0 Å². The number of benzene rings is 2. The van der Waals surface area contributed by atoms with Gasteiger partial charge in [0.2, 0.25) is 5.91 Å². The third kappa shape index (κ3) is 6.96. The van der Waals surface area contributed by atoms with Crippen molar-refractivity contribution in [3.05, 3.63) is 66.8 Å². The smallest absolute Gasteiger partial charge is 0.251 e. The maximum atomic E-state index is 12.8. The molecular weight excluding hydrogens is 576 g/mol. The average Bonchev–Trinajstić information content (AvgIpc) is 3.14. The average molecular weight is 596 g/mol. The van der Waals surface area contributed by atoms with Crippen molar-refractivity contribution in [3.8, 4) is 0 Å². The first-order valence-corrected chi connectivity index (χ1v) is 13.1. The van der Waals surface area contributed by atoms with Crippen molar-refractivity contribution in [1.82, 2.24) is 20.1 Å². The fourth-order valence-electron chi connectivity index (χ4n) is 3.08. The minimum atomic E-state index is -0.440. The Balaban J connectivity index is 1.69. The molecule has 186 valence electrons. The van der Waals surface area contributed by atoms with Crippen LogP contribution in [0.2, 0.25) is 25.1 Å². The number of amides is 2. The molecule has 3 rings (SSSR count). The Bertz CT molecular complexity index is 1240. The quantitative estimate of drug-likeness (QED) is 0.276. The topological polar surface area (TPSA) is 88.9 Å². The first-order chi connectivity index (χ1) is 16.5. The molecule has 13 heteroatoms. The summed E-state index contributed by atoms with van der Waals surface area (Å²) in [5.41, 5.74) is 0.657. The second-order valence-corrected chi connectivity index (χ2v) is 10.8. The van der Waals surface area contributed by atoms with E-state index in [9.17, 15) is 9.59 Å². The van der Waals surface area contributed by atoms with Crippen LogP contribution in [-0.4, -0.2) is 32.3 Å². The molecule has 1 heterocycles. The van der Waals surface area contributed by atoms with Gasteiger partial charge in [0.25, 0.3) is 5.91 Å². The summed E-state index contributed by atoms with van der Waals surface area (Å²) in [7, 11) is 1.77. The first kappa shape index (κ1) is 27.9. The zero-order chi connectivity index (χ0) is 25.9. The van der Waals surface area contributed by atoms with Crippen LogP contribution >= 0.6 is 69.8 Å². The normalized spacial score (nSPS) is 12.0. The number of nitrogens with one attached hydrogen (secondary N) is 2. The van der Waals surface area contributed by atoms with Crippen molar-refractivity contribution >= 4 is 87.3 Å². The molecule has 2 N–H and O–H groups in total. The summed E-state index contributed by atoms with van der Waals surface area (Å²) in [5.74, 6) is -0.0851. The molecule has 0 saturated carbocycles. The van der Waals surface area contributed by atoms with E-state index in [1.54, 1.807) is 23.7 Å². The standard InChI is InChI=1S/C22H20Cl5N5O2S/c1-10(2)18(29-21(34)11-4-5-13(24)14(25)6-11)20-30-31-22(32(20)3)35-9-17(33)28-19-15(26)7-12(23)8-16(19)27/h4-8,10,18H,9H2,1-3H3,(H,28,33)(H,29,34)/t18-/m1/s1.